The number of carbonyl (C=O) groups is 1. The molecule has 4 aromatic heterocycles. The Balaban J connectivity index is 1.05. The minimum atomic E-state index is -0.362. The molecule has 0 bridgehead atoms. The lowest BCUT2D eigenvalue weighted by Crippen LogP contribution is -2.25. The van der Waals surface area contributed by atoms with Gasteiger partial charge in [0.25, 0.3) is 0 Å². The molecule has 1 amide bonds. The minimum Gasteiger partial charge on any atom is -0.492 e. The average Bonchev–Trinajstić information content (AvgIpc) is 3.88. The fourth-order valence-corrected chi connectivity index (χ4v) is 7.22. The van der Waals surface area contributed by atoms with Crippen molar-refractivity contribution in [2.45, 2.75) is 51.4 Å². The highest BCUT2D eigenvalue weighted by Crippen LogP contribution is 2.34. The summed E-state index contributed by atoms with van der Waals surface area (Å²) in [7, 11) is 0. The Morgan fingerprint density at radius 2 is 1.80 bits per heavy atom. The lowest BCUT2D eigenvalue weighted by Gasteiger charge is -2.20. The van der Waals surface area contributed by atoms with E-state index in [1.807, 2.05) is 42.5 Å². The van der Waals surface area contributed by atoms with Crippen LogP contribution in [0, 0.1) is 11.7 Å². The van der Waals surface area contributed by atoms with Crippen molar-refractivity contribution in [3.8, 4) is 39.7 Å². The smallest absolute Gasteiger partial charge is 0.224 e. The molecule has 1 aliphatic carbocycles. The third kappa shape index (κ3) is 6.89. The van der Waals surface area contributed by atoms with E-state index < -0.39 is 0 Å². The van der Waals surface area contributed by atoms with E-state index in [1.165, 1.54) is 44.2 Å². The quantitative estimate of drug-likeness (QED) is 0.137. The van der Waals surface area contributed by atoms with Crippen molar-refractivity contribution in [1.82, 2.24) is 35.0 Å². The molecule has 0 unspecified atom stereocenters. The summed E-state index contributed by atoms with van der Waals surface area (Å²) in [5.41, 5.74) is 7.04. The maximum atomic E-state index is 14.8. The highest BCUT2D eigenvalue weighted by molar-refractivity contribution is 5.97. The number of hydrogen-bond donors (Lipinski definition) is 3. The molecule has 11 heteroatoms. The molecule has 5 heterocycles. The third-order valence-corrected chi connectivity index (χ3v) is 9.72. The van der Waals surface area contributed by atoms with Gasteiger partial charge in [-0.15, -0.1) is 0 Å². The number of benzene rings is 2. The van der Waals surface area contributed by atoms with Gasteiger partial charge < -0.3 is 15.0 Å². The Morgan fingerprint density at radius 1 is 0.918 bits per heavy atom. The van der Waals surface area contributed by atoms with E-state index in [0.717, 1.165) is 54.6 Å². The third-order valence-electron chi connectivity index (χ3n) is 9.72. The molecule has 0 spiro atoms. The second kappa shape index (κ2) is 13.8. The fraction of sp³-hybridized carbons (Fsp3) is 0.342. The number of hydrogen-bond acceptors (Lipinski definition) is 7. The maximum Gasteiger partial charge on any atom is 0.224 e. The molecule has 6 aromatic rings. The Bertz CT molecular complexity index is 2110. The van der Waals surface area contributed by atoms with Gasteiger partial charge in [-0.2, -0.15) is 5.10 Å². The number of nitrogens with zero attached hydrogens (tertiary/aromatic N) is 5. The number of imidazole rings is 1. The molecule has 1 aliphatic heterocycles. The number of aromatic nitrogens is 6. The molecule has 49 heavy (non-hydrogen) atoms. The summed E-state index contributed by atoms with van der Waals surface area (Å²) >= 11 is 0. The minimum absolute atomic E-state index is 0.0233. The molecule has 0 radical (unpaired) electrons. The molecule has 10 nitrogen and oxygen atoms in total. The molecule has 0 atom stereocenters. The van der Waals surface area contributed by atoms with Crippen molar-refractivity contribution >= 4 is 33.7 Å². The molecule has 2 aliphatic rings. The highest BCUT2D eigenvalue weighted by atomic mass is 19.1. The molecule has 2 fully saturated rings. The van der Waals surface area contributed by atoms with Gasteiger partial charge >= 0.3 is 0 Å². The predicted octanol–water partition coefficient (Wildman–Crippen LogP) is 7.75. The van der Waals surface area contributed by atoms with Crippen molar-refractivity contribution in [3.05, 3.63) is 72.8 Å². The van der Waals surface area contributed by atoms with Crippen LogP contribution in [-0.4, -0.2) is 67.2 Å². The van der Waals surface area contributed by atoms with E-state index in [0.29, 0.717) is 64.2 Å². The van der Waals surface area contributed by atoms with Gasteiger partial charge in [0.15, 0.2) is 11.5 Å². The number of nitrogens with one attached hydrogen (secondary N) is 3. The van der Waals surface area contributed by atoms with Gasteiger partial charge in [-0.1, -0.05) is 31.4 Å². The van der Waals surface area contributed by atoms with Gasteiger partial charge in [0.2, 0.25) is 5.91 Å². The normalized spacial score (nSPS) is 15.7. The monoisotopic (exact) mass is 658 g/mol. The molecular formula is C38H39FN8O2. The number of fused-ring (bicyclic) bond motifs is 2. The molecule has 8 rings (SSSR count). The number of likely N-dealkylation sites (tertiary alicyclic amines) is 1. The van der Waals surface area contributed by atoms with Gasteiger partial charge in [0, 0.05) is 36.4 Å². The predicted molar refractivity (Wildman–Crippen MR) is 189 cm³/mol. The number of aromatic amines is 2. The Hall–Kier alpha value is -5.16. The second-order valence-electron chi connectivity index (χ2n) is 13.2. The Kier molecular flexibility index (Phi) is 8.74. The van der Waals surface area contributed by atoms with Crippen LogP contribution in [0.3, 0.4) is 0 Å². The molecular weight excluding hydrogens is 619 g/mol. The zero-order valence-electron chi connectivity index (χ0n) is 27.3. The lowest BCUT2D eigenvalue weighted by atomic mass is 9.87. The van der Waals surface area contributed by atoms with Crippen LogP contribution < -0.4 is 10.1 Å². The van der Waals surface area contributed by atoms with E-state index in [-0.39, 0.29) is 11.7 Å². The number of anilines is 1. The van der Waals surface area contributed by atoms with Crippen LogP contribution in [0.2, 0.25) is 0 Å². The van der Waals surface area contributed by atoms with Gasteiger partial charge in [-0.05, 0) is 86.7 Å². The lowest BCUT2D eigenvalue weighted by molar-refractivity contribution is -0.117. The SMILES string of the molecule is O=C(CC1CCCCC1)Nc1cncc(-c2ccc3[nH]nc(-c4nc5c(-c6cc(F)cc(OCCN7CCCC7)c6)cccc5[nH]4)c3n2)c1. The van der Waals surface area contributed by atoms with Crippen LogP contribution in [-0.2, 0) is 4.79 Å². The Labute approximate surface area is 283 Å². The second-order valence-corrected chi connectivity index (χ2v) is 13.2. The van der Waals surface area contributed by atoms with E-state index >= 15 is 0 Å². The largest absolute Gasteiger partial charge is 0.492 e. The number of para-hydroxylation sites is 1. The van der Waals surface area contributed by atoms with Gasteiger partial charge in [-0.25, -0.2) is 14.4 Å². The maximum absolute atomic E-state index is 14.8. The molecule has 2 aromatic carbocycles. The molecule has 250 valence electrons. The topological polar surface area (TPSA) is 125 Å². The van der Waals surface area contributed by atoms with Crippen molar-refractivity contribution in [3.63, 3.8) is 0 Å². The van der Waals surface area contributed by atoms with Gasteiger partial charge in [0.05, 0.1) is 34.1 Å². The summed E-state index contributed by atoms with van der Waals surface area (Å²) in [5.74, 6) is 1.16. The summed E-state index contributed by atoms with van der Waals surface area (Å²) in [6.07, 6.45) is 12.3. The number of halogens is 1. The van der Waals surface area contributed by atoms with Crippen LogP contribution in [0.5, 0.6) is 5.75 Å². The first-order valence-electron chi connectivity index (χ1n) is 17.3. The first-order valence-corrected chi connectivity index (χ1v) is 17.3. The highest BCUT2D eigenvalue weighted by Gasteiger charge is 2.20. The van der Waals surface area contributed by atoms with Crippen molar-refractivity contribution in [2.75, 3.05) is 31.6 Å². The molecule has 1 saturated heterocycles. The fourth-order valence-electron chi connectivity index (χ4n) is 7.22. The number of H-pyrrole nitrogens is 2. The zero-order valence-corrected chi connectivity index (χ0v) is 27.3. The van der Waals surface area contributed by atoms with E-state index in [4.69, 9.17) is 14.7 Å². The summed E-state index contributed by atoms with van der Waals surface area (Å²) in [6, 6.07) is 16.3. The van der Waals surface area contributed by atoms with Crippen LogP contribution in [0.1, 0.15) is 51.4 Å². The van der Waals surface area contributed by atoms with Crippen molar-refractivity contribution in [1.29, 1.82) is 0 Å². The van der Waals surface area contributed by atoms with Gasteiger partial charge in [-0.3, -0.25) is 19.8 Å². The average molecular weight is 659 g/mol. The number of pyridine rings is 2. The van der Waals surface area contributed by atoms with Crippen LogP contribution in [0.25, 0.3) is 56.0 Å². The van der Waals surface area contributed by atoms with E-state index in [9.17, 15) is 9.18 Å². The summed E-state index contributed by atoms with van der Waals surface area (Å²) in [5, 5.41) is 10.7. The molecule has 3 N–H and O–H groups in total. The van der Waals surface area contributed by atoms with E-state index in [2.05, 4.69) is 30.4 Å². The number of ether oxygens (including phenoxy) is 1. The van der Waals surface area contributed by atoms with Crippen molar-refractivity contribution in [2.24, 2.45) is 5.92 Å². The van der Waals surface area contributed by atoms with E-state index in [1.54, 1.807) is 12.4 Å². The first kappa shape index (κ1) is 31.1. The van der Waals surface area contributed by atoms with Crippen molar-refractivity contribution < 1.29 is 13.9 Å². The first-order chi connectivity index (χ1) is 24.1. The molecule has 1 saturated carbocycles. The number of rotatable bonds is 10. The Morgan fingerprint density at radius 3 is 2.67 bits per heavy atom. The summed E-state index contributed by atoms with van der Waals surface area (Å²) in [4.78, 5) is 32.8. The number of carbonyl (C=O) groups excluding carboxylic acids is 1. The van der Waals surface area contributed by atoms with Gasteiger partial charge in [0.1, 0.15) is 23.7 Å². The summed E-state index contributed by atoms with van der Waals surface area (Å²) in [6.45, 7) is 3.52. The van der Waals surface area contributed by atoms with Crippen LogP contribution in [0.15, 0.2) is 67.0 Å². The standard InChI is InChI=1S/C38H39FN8O2/c39-27-18-25(20-29(21-27)49-16-15-47-13-4-5-14-47)30-9-6-10-32-35(30)44-38(43-32)37-36-33(45-46-37)12-11-31(42-36)26-19-28(23-40-22-26)41-34(48)17-24-7-2-1-3-8-24/h6,9-12,18-24H,1-5,7-8,13-17H2,(H,41,48)(H,43,44)(H,45,46). The number of amides is 1. The summed E-state index contributed by atoms with van der Waals surface area (Å²) < 4.78 is 20.8. The zero-order chi connectivity index (χ0) is 33.2. The van der Waals surface area contributed by atoms with Crippen LogP contribution in [0.4, 0.5) is 10.1 Å². The van der Waals surface area contributed by atoms with Crippen LogP contribution >= 0.6 is 0 Å².